The number of nitrogens with zero attached hydrogens (tertiary/aromatic N) is 1. The van der Waals surface area contributed by atoms with E-state index in [9.17, 15) is 0 Å². The Morgan fingerprint density at radius 1 is 0.441 bits per heavy atom. The average molecular weight is 778 g/mol. The van der Waals surface area contributed by atoms with Gasteiger partial charge < -0.3 is 8.98 Å². The molecule has 3 heteroatoms. The molecule has 2 aromatic heterocycles. The maximum Gasteiger partial charge on any atom is 0.179 e. The SMILES string of the molecule is CC1(C)CCC(C)(C)c2cc([Si](c3ccccc3)(c3ccccc3)c3cccc(-n4c5ccccc5c5c(-c6cccc7c6oc6ccccc67)cccc54)c3)ccc21. The van der Waals surface area contributed by atoms with Crippen LogP contribution in [0.25, 0.3) is 60.6 Å². The minimum Gasteiger partial charge on any atom is -0.455 e. The summed E-state index contributed by atoms with van der Waals surface area (Å²) in [6, 6.07) is 70.5. The van der Waals surface area contributed by atoms with Crippen molar-refractivity contribution >= 4 is 72.6 Å². The first-order valence-electron chi connectivity index (χ1n) is 21.1. The molecule has 0 unspecified atom stereocenters. The zero-order valence-corrected chi connectivity index (χ0v) is 35.2. The number of hydrogen-bond acceptors (Lipinski definition) is 1. The lowest BCUT2D eigenvalue weighted by molar-refractivity contribution is 0.332. The van der Waals surface area contributed by atoms with Crippen molar-refractivity contribution in [3.8, 4) is 16.8 Å². The van der Waals surface area contributed by atoms with Gasteiger partial charge in [-0.25, -0.2) is 0 Å². The second-order valence-corrected chi connectivity index (χ2v) is 21.7. The highest BCUT2D eigenvalue weighted by molar-refractivity contribution is 7.19. The van der Waals surface area contributed by atoms with Gasteiger partial charge in [-0.1, -0.05) is 185 Å². The van der Waals surface area contributed by atoms with Crippen LogP contribution in [0.5, 0.6) is 0 Å². The molecule has 10 aromatic rings. The average Bonchev–Trinajstić information content (AvgIpc) is 3.83. The first kappa shape index (κ1) is 35.7. The molecule has 0 amide bonds. The van der Waals surface area contributed by atoms with Gasteiger partial charge in [-0.3, -0.25) is 0 Å². The fourth-order valence-electron chi connectivity index (χ4n) is 10.6. The van der Waals surface area contributed by atoms with Gasteiger partial charge in [0.15, 0.2) is 8.07 Å². The third kappa shape index (κ3) is 5.37. The third-order valence-electron chi connectivity index (χ3n) is 13.6. The molecule has 0 radical (unpaired) electrons. The summed E-state index contributed by atoms with van der Waals surface area (Å²) in [5.41, 5.74) is 10.9. The Hall–Kier alpha value is -6.42. The Labute approximate surface area is 347 Å². The van der Waals surface area contributed by atoms with E-state index in [2.05, 4.69) is 214 Å². The van der Waals surface area contributed by atoms with E-state index in [0.717, 1.165) is 33.2 Å². The smallest absolute Gasteiger partial charge is 0.179 e. The molecular weight excluding hydrogens is 731 g/mol. The van der Waals surface area contributed by atoms with E-state index in [1.165, 1.54) is 72.1 Å². The molecule has 0 atom stereocenters. The van der Waals surface area contributed by atoms with E-state index < -0.39 is 8.07 Å². The van der Waals surface area contributed by atoms with Crippen molar-refractivity contribution in [1.29, 1.82) is 0 Å². The monoisotopic (exact) mass is 777 g/mol. The van der Waals surface area contributed by atoms with Crippen LogP contribution in [0.4, 0.5) is 0 Å². The van der Waals surface area contributed by atoms with Crippen molar-refractivity contribution < 1.29 is 4.42 Å². The Balaban J connectivity index is 1.19. The molecule has 8 aromatic carbocycles. The maximum atomic E-state index is 6.63. The summed E-state index contributed by atoms with van der Waals surface area (Å²) in [5.74, 6) is 0. The van der Waals surface area contributed by atoms with E-state index in [4.69, 9.17) is 4.42 Å². The summed E-state index contributed by atoms with van der Waals surface area (Å²) in [5, 5.41) is 10.3. The lowest BCUT2D eigenvalue weighted by atomic mass is 9.63. The number of aromatic nitrogens is 1. The lowest BCUT2D eigenvalue weighted by Crippen LogP contribution is -2.75. The van der Waals surface area contributed by atoms with Crippen LogP contribution < -0.4 is 20.7 Å². The van der Waals surface area contributed by atoms with Gasteiger partial charge in [0, 0.05) is 32.8 Å². The normalized spacial score (nSPS) is 14.9. The number of benzene rings is 8. The molecule has 0 saturated heterocycles. The molecule has 11 rings (SSSR count). The van der Waals surface area contributed by atoms with Crippen LogP contribution in [0.15, 0.2) is 192 Å². The van der Waals surface area contributed by atoms with Crippen molar-refractivity contribution in [2.75, 3.05) is 0 Å². The minimum atomic E-state index is -2.88. The Bertz CT molecular complexity index is 3180. The van der Waals surface area contributed by atoms with E-state index in [1.807, 2.05) is 6.07 Å². The van der Waals surface area contributed by atoms with Crippen molar-refractivity contribution in [1.82, 2.24) is 4.57 Å². The number of hydrogen-bond donors (Lipinski definition) is 0. The second kappa shape index (κ2) is 13.3. The van der Waals surface area contributed by atoms with Gasteiger partial charge in [-0.05, 0) is 91.4 Å². The molecule has 0 spiro atoms. The summed E-state index contributed by atoms with van der Waals surface area (Å²) in [4.78, 5) is 0. The molecule has 1 aliphatic carbocycles. The van der Waals surface area contributed by atoms with Gasteiger partial charge in [0.05, 0.1) is 11.0 Å². The highest BCUT2D eigenvalue weighted by Crippen LogP contribution is 2.46. The van der Waals surface area contributed by atoms with Gasteiger partial charge in [0.2, 0.25) is 0 Å². The van der Waals surface area contributed by atoms with Crippen LogP contribution in [0.3, 0.4) is 0 Å². The molecule has 286 valence electrons. The topological polar surface area (TPSA) is 18.1 Å². The van der Waals surface area contributed by atoms with Gasteiger partial charge in [-0.15, -0.1) is 0 Å². The summed E-state index contributed by atoms with van der Waals surface area (Å²) < 4.78 is 9.12. The molecule has 2 nitrogen and oxygen atoms in total. The largest absolute Gasteiger partial charge is 0.455 e. The lowest BCUT2D eigenvalue weighted by Gasteiger charge is -2.43. The van der Waals surface area contributed by atoms with Crippen molar-refractivity contribution in [3.05, 3.63) is 199 Å². The van der Waals surface area contributed by atoms with Crippen molar-refractivity contribution in [3.63, 3.8) is 0 Å². The molecule has 59 heavy (non-hydrogen) atoms. The summed E-state index contributed by atoms with van der Waals surface area (Å²) in [6.45, 7) is 9.75. The number of para-hydroxylation sites is 3. The predicted molar refractivity (Wildman–Crippen MR) is 252 cm³/mol. The van der Waals surface area contributed by atoms with Crippen LogP contribution in [0.1, 0.15) is 51.7 Å². The third-order valence-corrected chi connectivity index (χ3v) is 18.4. The van der Waals surface area contributed by atoms with Gasteiger partial charge >= 0.3 is 0 Å². The molecule has 0 bridgehead atoms. The zero-order valence-electron chi connectivity index (χ0n) is 34.2. The van der Waals surface area contributed by atoms with Gasteiger partial charge in [0.1, 0.15) is 11.2 Å². The molecule has 0 fully saturated rings. The van der Waals surface area contributed by atoms with E-state index >= 15 is 0 Å². The van der Waals surface area contributed by atoms with E-state index in [1.54, 1.807) is 0 Å². The molecule has 0 N–H and O–H groups in total. The Morgan fingerprint density at radius 3 is 1.76 bits per heavy atom. The molecule has 2 heterocycles. The molecule has 1 aliphatic rings. The van der Waals surface area contributed by atoms with E-state index in [0.29, 0.717) is 0 Å². The standard InChI is InChI=1S/C56H47NOSi/c1-55(2)34-35-56(3,4)49-37-42(32-33-48(49)55)59(39-19-7-5-8-20-39,40-21-9-6-10-22-40)41-23-15-18-38(36-41)57-50-29-13-11-25-47(50)53-44(26-17-30-51(53)57)46-28-16-27-45-43-24-12-14-31-52(43)58-54(45)46/h5-33,36-37H,34-35H2,1-4H3. The van der Waals surface area contributed by atoms with E-state index in [-0.39, 0.29) is 10.8 Å². The fraction of sp³-hybridized carbons (Fsp3) is 0.143. The summed E-state index contributed by atoms with van der Waals surface area (Å²) in [7, 11) is -2.88. The zero-order chi connectivity index (χ0) is 39.9. The fourth-order valence-corrected chi connectivity index (χ4v) is 15.3. The Kier molecular flexibility index (Phi) is 8.06. The first-order valence-corrected chi connectivity index (χ1v) is 23.1. The highest BCUT2D eigenvalue weighted by atomic mass is 28.3. The second-order valence-electron chi connectivity index (χ2n) is 17.9. The number of furan rings is 1. The van der Waals surface area contributed by atoms with Crippen molar-refractivity contribution in [2.24, 2.45) is 0 Å². The molecule has 0 saturated carbocycles. The minimum absolute atomic E-state index is 0.0869. The van der Waals surface area contributed by atoms with Crippen LogP contribution in [-0.2, 0) is 10.8 Å². The van der Waals surface area contributed by atoms with Crippen LogP contribution in [0, 0.1) is 0 Å². The van der Waals surface area contributed by atoms with Gasteiger partial charge in [0.25, 0.3) is 0 Å². The number of fused-ring (bicyclic) bond motifs is 7. The van der Waals surface area contributed by atoms with Crippen LogP contribution in [-0.4, -0.2) is 12.6 Å². The summed E-state index contributed by atoms with van der Waals surface area (Å²) >= 11 is 0. The number of rotatable bonds is 6. The van der Waals surface area contributed by atoms with Crippen LogP contribution in [0.2, 0.25) is 0 Å². The predicted octanol–water partition coefficient (Wildman–Crippen LogP) is 12.1. The molecular formula is C56H47NOSi. The molecule has 0 aliphatic heterocycles. The maximum absolute atomic E-state index is 6.63. The summed E-state index contributed by atoms with van der Waals surface area (Å²) in [6.07, 6.45) is 2.38. The highest BCUT2D eigenvalue weighted by Gasteiger charge is 2.44. The van der Waals surface area contributed by atoms with Crippen LogP contribution >= 0.6 is 0 Å². The quantitative estimate of drug-likeness (QED) is 0.121. The van der Waals surface area contributed by atoms with Crippen molar-refractivity contribution in [2.45, 2.75) is 51.4 Å². The van der Waals surface area contributed by atoms with Gasteiger partial charge in [-0.2, -0.15) is 0 Å². The Morgan fingerprint density at radius 2 is 1.00 bits per heavy atom. The first-order chi connectivity index (χ1) is 28.8.